The number of aromatic nitrogens is 4. The van der Waals surface area contributed by atoms with Crippen LogP contribution in [0.15, 0.2) is 41.6 Å². The predicted molar refractivity (Wildman–Crippen MR) is 105 cm³/mol. The number of fused-ring (bicyclic) bond motifs is 1. The number of anilines is 1. The van der Waals surface area contributed by atoms with Gasteiger partial charge < -0.3 is 4.90 Å². The molecule has 0 spiro atoms. The molecule has 6 nitrogen and oxygen atoms in total. The lowest BCUT2D eigenvalue weighted by molar-refractivity contribution is 0.452. The van der Waals surface area contributed by atoms with E-state index in [9.17, 15) is 9.18 Å². The molecule has 3 aromatic rings. The Morgan fingerprint density at radius 1 is 1.07 bits per heavy atom. The van der Waals surface area contributed by atoms with Gasteiger partial charge in [-0.25, -0.2) is 19.3 Å². The van der Waals surface area contributed by atoms with Crippen molar-refractivity contribution in [2.75, 3.05) is 11.4 Å². The zero-order valence-electron chi connectivity index (χ0n) is 15.6. The summed E-state index contributed by atoms with van der Waals surface area (Å²) in [5.74, 6) is 0.592. The first-order chi connectivity index (χ1) is 13.7. The minimum atomic E-state index is -0.440. The Bertz CT molecular complexity index is 1080. The Kier molecular flexibility index (Phi) is 4.30. The topological polar surface area (TPSA) is 63.9 Å². The van der Waals surface area contributed by atoms with Gasteiger partial charge in [-0.05, 0) is 37.8 Å². The molecule has 1 atom stereocenters. The van der Waals surface area contributed by atoms with Crippen LogP contribution in [0, 0.1) is 5.82 Å². The van der Waals surface area contributed by atoms with Crippen LogP contribution in [0.4, 0.5) is 10.2 Å². The first kappa shape index (κ1) is 17.3. The fourth-order valence-electron chi connectivity index (χ4n) is 4.72. The van der Waals surface area contributed by atoms with Crippen molar-refractivity contribution in [1.29, 1.82) is 0 Å². The van der Waals surface area contributed by atoms with Crippen LogP contribution in [-0.4, -0.2) is 26.1 Å². The van der Waals surface area contributed by atoms with Gasteiger partial charge in [-0.15, -0.1) is 0 Å². The molecule has 1 unspecified atom stereocenters. The Hall–Kier alpha value is -2.83. The van der Waals surface area contributed by atoms with Gasteiger partial charge in [-0.2, -0.15) is 0 Å². The molecule has 1 saturated carbocycles. The van der Waals surface area contributed by atoms with E-state index >= 15 is 0 Å². The lowest BCUT2D eigenvalue weighted by Gasteiger charge is -2.29. The summed E-state index contributed by atoms with van der Waals surface area (Å²) in [4.78, 5) is 28.2. The number of halogens is 1. The highest BCUT2D eigenvalue weighted by Gasteiger charge is 2.34. The molecule has 7 heteroatoms. The number of hydrogen-bond acceptors (Lipinski definition) is 5. The molecule has 0 N–H and O–H groups in total. The van der Waals surface area contributed by atoms with Crippen LogP contribution in [0.5, 0.6) is 0 Å². The largest absolute Gasteiger partial charge is 0.344 e. The summed E-state index contributed by atoms with van der Waals surface area (Å²) in [7, 11) is 0. The van der Waals surface area contributed by atoms with Crippen LogP contribution in [-0.2, 0) is 0 Å². The maximum atomic E-state index is 14.4. The molecule has 2 aromatic heterocycles. The van der Waals surface area contributed by atoms with Crippen LogP contribution in [0.25, 0.3) is 10.9 Å². The predicted octanol–water partition coefficient (Wildman–Crippen LogP) is 3.78. The molecule has 144 valence electrons. The Morgan fingerprint density at radius 3 is 2.71 bits per heavy atom. The van der Waals surface area contributed by atoms with Crippen LogP contribution in [0.1, 0.15) is 56.4 Å². The first-order valence-electron chi connectivity index (χ1n) is 9.97. The zero-order valence-corrected chi connectivity index (χ0v) is 15.6. The summed E-state index contributed by atoms with van der Waals surface area (Å²) >= 11 is 0. The normalized spacial score (nSPS) is 20.3. The third-order valence-electron chi connectivity index (χ3n) is 6.00. The highest BCUT2D eigenvalue weighted by Crippen LogP contribution is 2.38. The second-order valence-corrected chi connectivity index (χ2v) is 7.65. The van der Waals surface area contributed by atoms with Crippen molar-refractivity contribution in [3.05, 3.63) is 58.8 Å². The summed E-state index contributed by atoms with van der Waals surface area (Å²) in [5, 5.41) is 0.649. The lowest BCUT2D eigenvalue weighted by Crippen LogP contribution is -2.34. The van der Waals surface area contributed by atoms with Crippen LogP contribution in [0.2, 0.25) is 0 Å². The third-order valence-corrected chi connectivity index (χ3v) is 6.00. The van der Waals surface area contributed by atoms with Crippen molar-refractivity contribution in [3.63, 3.8) is 0 Å². The van der Waals surface area contributed by atoms with E-state index in [4.69, 9.17) is 4.98 Å². The van der Waals surface area contributed by atoms with E-state index in [-0.39, 0.29) is 23.5 Å². The number of nitrogens with zero attached hydrogens (tertiary/aromatic N) is 5. The molecule has 2 aliphatic rings. The highest BCUT2D eigenvalue weighted by atomic mass is 19.1. The molecule has 1 aromatic carbocycles. The monoisotopic (exact) mass is 379 g/mol. The average Bonchev–Trinajstić information content (AvgIpc) is 3.40. The summed E-state index contributed by atoms with van der Waals surface area (Å²) in [6.07, 6.45) is 8.50. The minimum Gasteiger partial charge on any atom is -0.344 e. The molecule has 0 radical (unpaired) electrons. The second kappa shape index (κ2) is 6.96. The van der Waals surface area contributed by atoms with Crippen LogP contribution < -0.4 is 10.5 Å². The van der Waals surface area contributed by atoms with Crippen molar-refractivity contribution >= 4 is 16.7 Å². The third kappa shape index (κ3) is 2.77. The average molecular weight is 379 g/mol. The second-order valence-electron chi connectivity index (χ2n) is 7.65. The molecule has 28 heavy (non-hydrogen) atoms. The molecular weight excluding hydrogens is 357 g/mol. The minimum absolute atomic E-state index is 0.0162. The number of hydrogen-bond donors (Lipinski definition) is 0. The molecule has 0 bridgehead atoms. The van der Waals surface area contributed by atoms with Crippen molar-refractivity contribution in [3.8, 4) is 0 Å². The van der Waals surface area contributed by atoms with Gasteiger partial charge in [0.1, 0.15) is 12.2 Å². The fraction of sp³-hybridized carbons (Fsp3) is 0.429. The Morgan fingerprint density at radius 2 is 1.89 bits per heavy atom. The van der Waals surface area contributed by atoms with Gasteiger partial charge in [-0.3, -0.25) is 9.36 Å². The molecule has 0 amide bonds. The fourth-order valence-corrected chi connectivity index (χ4v) is 4.72. The van der Waals surface area contributed by atoms with E-state index in [1.165, 1.54) is 12.5 Å². The van der Waals surface area contributed by atoms with E-state index in [0.717, 1.165) is 44.3 Å². The summed E-state index contributed by atoms with van der Waals surface area (Å²) in [6, 6.07) is 7.50. The standard InChI is InChI=1S/C21H22FN5O/c22-16-12-23-13-24-19(16)26-11-5-10-18(26)20-25-17-9-4-3-8-15(17)21(28)27(20)14-6-1-2-7-14/h3-4,8-9,12-14,18H,1-2,5-7,10-11H2. The molecule has 3 heterocycles. The van der Waals surface area contributed by atoms with Gasteiger partial charge in [0, 0.05) is 12.6 Å². The number of rotatable bonds is 3. The maximum absolute atomic E-state index is 14.4. The van der Waals surface area contributed by atoms with Gasteiger partial charge in [0.25, 0.3) is 5.56 Å². The molecular formula is C21H22FN5O. The van der Waals surface area contributed by atoms with E-state index in [1.807, 2.05) is 33.7 Å². The van der Waals surface area contributed by atoms with Crippen LogP contribution >= 0.6 is 0 Å². The first-order valence-corrected chi connectivity index (χ1v) is 9.97. The van der Waals surface area contributed by atoms with Crippen molar-refractivity contribution in [1.82, 2.24) is 19.5 Å². The van der Waals surface area contributed by atoms with Gasteiger partial charge in [0.05, 0.1) is 23.1 Å². The molecule has 5 rings (SSSR count). The van der Waals surface area contributed by atoms with Gasteiger partial charge in [-0.1, -0.05) is 25.0 Å². The van der Waals surface area contributed by atoms with Crippen LogP contribution in [0.3, 0.4) is 0 Å². The molecule has 2 fully saturated rings. The van der Waals surface area contributed by atoms with Crippen molar-refractivity contribution in [2.45, 2.75) is 50.6 Å². The van der Waals surface area contributed by atoms with E-state index in [1.54, 1.807) is 0 Å². The van der Waals surface area contributed by atoms with E-state index in [2.05, 4.69) is 9.97 Å². The van der Waals surface area contributed by atoms with Gasteiger partial charge in [0.2, 0.25) is 0 Å². The number of benzene rings is 1. The summed E-state index contributed by atoms with van der Waals surface area (Å²) < 4.78 is 16.3. The molecule has 1 aliphatic carbocycles. The highest BCUT2D eigenvalue weighted by molar-refractivity contribution is 5.77. The van der Waals surface area contributed by atoms with Gasteiger partial charge in [0.15, 0.2) is 11.6 Å². The Balaban J connectivity index is 1.70. The van der Waals surface area contributed by atoms with Crippen molar-refractivity contribution in [2.24, 2.45) is 0 Å². The zero-order chi connectivity index (χ0) is 19.1. The number of para-hydroxylation sites is 1. The van der Waals surface area contributed by atoms with Crippen molar-refractivity contribution < 1.29 is 4.39 Å². The summed E-state index contributed by atoms with van der Waals surface area (Å²) in [5.41, 5.74) is 0.717. The van der Waals surface area contributed by atoms with E-state index < -0.39 is 5.82 Å². The summed E-state index contributed by atoms with van der Waals surface area (Å²) in [6.45, 7) is 0.686. The van der Waals surface area contributed by atoms with Gasteiger partial charge >= 0.3 is 0 Å². The smallest absolute Gasteiger partial charge is 0.261 e. The quantitative estimate of drug-likeness (QED) is 0.693. The lowest BCUT2D eigenvalue weighted by atomic mass is 10.1. The van der Waals surface area contributed by atoms with E-state index in [0.29, 0.717) is 17.4 Å². The Labute approximate surface area is 162 Å². The SMILES string of the molecule is O=c1c2ccccc2nc(C2CCCN2c2ncncc2F)n1C1CCCC1. The molecule has 1 aliphatic heterocycles. The maximum Gasteiger partial charge on any atom is 0.261 e. The molecule has 1 saturated heterocycles.